The minimum Gasteiger partial charge on any atom is -0.324 e. The number of hydrogen-bond donors (Lipinski definition) is 3. The molecule has 3 aromatic carbocycles. The van der Waals surface area contributed by atoms with Crippen molar-refractivity contribution in [3.63, 3.8) is 0 Å². The topological polar surface area (TPSA) is 105 Å². The van der Waals surface area contributed by atoms with Crippen LogP contribution in [0.5, 0.6) is 0 Å². The minimum atomic E-state index is -4.65. The van der Waals surface area contributed by atoms with Crippen molar-refractivity contribution in [1.82, 2.24) is 9.62 Å². The van der Waals surface area contributed by atoms with Crippen LogP contribution >= 0.6 is 0 Å². The molecule has 0 aromatic heterocycles. The van der Waals surface area contributed by atoms with Crippen molar-refractivity contribution in [2.45, 2.75) is 55.9 Å². The van der Waals surface area contributed by atoms with Gasteiger partial charge in [-0.25, -0.2) is 17.2 Å². The summed E-state index contributed by atoms with van der Waals surface area (Å²) in [7, 11) is -3.45. The summed E-state index contributed by atoms with van der Waals surface area (Å²) in [5.74, 6) is -3.01. The first-order chi connectivity index (χ1) is 20.8. The van der Waals surface area contributed by atoms with Crippen LogP contribution in [0.3, 0.4) is 0 Å². The highest BCUT2D eigenvalue weighted by Gasteiger charge is 2.38. The van der Waals surface area contributed by atoms with Gasteiger partial charge in [0.1, 0.15) is 11.6 Å². The van der Waals surface area contributed by atoms with Crippen molar-refractivity contribution in [2.24, 2.45) is 5.73 Å². The highest BCUT2D eigenvalue weighted by atomic mass is 32.2. The molecule has 0 radical (unpaired) electrons. The van der Waals surface area contributed by atoms with Crippen LogP contribution in [0.25, 0.3) is 0 Å². The van der Waals surface area contributed by atoms with E-state index in [9.17, 15) is 30.8 Å². The molecule has 44 heavy (non-hydrogen) atoms. The lowest BCUT2D eigenvalue weighted by atomic mass is 9.84. The average molecular weight is 637 g/mol. The monoisotopic (exact) mass is 636 g/mol. The van der Waals surface area contributed by atoms with Crippen molar-refractivity contribution in [1.29, 1.82) is 0 Å². The molecule has 13 heteroatoms. The number of hydrogen-bond acceptors (Lipinski definition) is 5. The third kappa shape index (κ3) is 7.12. The Morgan fingerprint density at radius 1 is 1.05 bits per heavy atom. The number of carbonyl (C=O) groups excluding carboxylic acids is 1. The molecule has 3 aromatic rings. The van der Waals surface area contributed by atoms with E-state index >= 15 is 4.39 Å². The Hall–Kier alpha value is -3.39. The lowest BCUT2D eigenvalue weighted by molar-refractivity contribution is -0.137. The predicted molar refractivity (Wildman–Crippen MR) is 156 cm³/mol. The number of sulfonamides is 1. The zero-order chi connectivity index (χ0) is 31.6. The number of benzene rings is 3. The van der Waals surface area contributed by atoms with Crippen molar-refractivity contribution in [3.05, 3.63) is 101 Å². The number of rotatable bonds is 8. The first kappa shape index (κ1) is 32.0. The largest absolute Gasteiger partial charge is 0.416 e. The Bertz CT molecular complexity index is 1600. The van der Waals surface area contributed by atoms with Crippen LogP contribution in [-0.2, 0) is 27.4 Å². The molecule has 1 amide bonds. The Balaban J connectivity index is 1.39. The molecule has 7 nitrogen and oxygen atoms in total. The Morgan fingerprint density at radius 2 is 1.77 bits per heavy atom. The number of halogens is 5. The standard InChI is InChI=1S/C31H33F5N4O3S/c32-22-11-9-19(10-12-22)28(20-4-1-5-21(16-20)31(34,35)36)29(37)30(41)39-27-8-2-7-26(33)25(27)14-13-24-17-38-23-6-3-15-44(42,43)40(24)18-23/h1-2,4-5,7-12,16,23-24,28-29,38H,3,6,13-15,17-18,37H2,(H,39,41)/t23?,24?,28?,29-/m0/s1. The van der Waals surface area contributed by atoms with Crippen LogP contribution in [0, 0.1) is 11.6 Å². The summed E-state index contributed by atoms with van der Waals surface area (Å²) in [4.78, 5) is 13.5. The highest BCUT2D eigenvalue weighted by Crippen LogP contribution is 2.35. The van der Waals surface area contributed by atoms with Gasteiger partial charge < -0.3 is 16.4 Å². The van der Waals surface area contributed by atoms with Crippen molar-refractivity contribution < 1.29 is 35.2 Å². The number of anilines is 1. The molecular formula is C31H33F5N4O3S. The van der Waals surface area contributed by atoms with E-state index < -0.39 is 57.3 Å². The van der Waals surface area contributed by atoms with Gasteiger partial charge in [-0.05, 0) is 67.1 Å². The molecule has 2 aliphatic heterocycles. The summed E-state index contributed by atoms with van der Waals surface area (Å²) in [5, 5.41) is 6.01. The van der Waals surface area contributed by atoms with Gasteiger partial charge in [-0.1, -0.05) is 36.4 Å². The number of nitrogens with one attached hydrogen (secondary N) is 2. The average Bonchev–Trinajstić information content (AvgIpc) is 3.09. The highest BCUT2D eigenvalue weighted by molar-refractivity contribution is 7.89. The number of alkyl halides is 3. The molecule has 0 aliphatic carbocycles. The first-order valence-corrected chi connectivity index (χ1v) is 15.9. The normalized spacial score (nSPS) is 22.9. The maximum absolute atomic E-state index is 15.1. The van der Waals surface area contributed by atoms with Gasteiger partial charge in [0.15, 0.2) is 0 Å². The summed E-state index contributed by atoms with van der Waals surface area (Å²) in [6.45, 7) is 0.768. The van der Waals surface area contributed by atoms with E-state index in [1.54, 1.807) is 0 Å². The number of amides is 1. The summed E-state index contributed by atoms with van der Waals surface area (Å²) >= 11 is 0. The summed E-state index contributed by atoms with van der Waals surface area (Å²) in [6, 6.07) is 11.7. The lowest BCUT2D eigenvalue weighted by Gasteiger charge is -2.37. The molecule has 0 spiro atoms. The Labute approximate surface area is 252 Å². The molecule has 2 aliphatic rings. The molecule has 5 atom stereocenters. The molecule has 4 unspecified atom stereocenters. The quantitative estimate of drug-likeness (QED) is 0.309. The van der Waals surface area contributed by atoms with E-state index in [0.717, 1.165) is 30.7 Å². The van der Waals surface area contributed by atoms with Crippen LogP contribution in [0.1, 0.15) is 47.4 Å². The zero-order valence-corrected chi connectivity index (χ0v) is 24.5. The molecule has 2 bridgehead atoms. The van der Waals surface area contributed by atoms with Crippen LogP contribution in [-0.4, -0.2) is 55.6 Å². The van der Waals surface area contributed by atoms with Crippen molar-refractivity contribution in [3.8, 4) is 0 Å². The Kier molecular flexibility index (Phi) is 9.40. The Morgan fingerprint density at radius 3 is 2.50 bits per heavy atom. The molecule has 236 valence electrons. The fraction of sp³-hybridized carbons (Fsp3) is 0.387. The fourth-order valence-corrected chi connectivity index (χ4v) is 7.85. The van der Waals surface area contributed by atoms with E-state index in [4.69, 9.17) is 5.73 Å². The summed E-state index contributed by atoms with van der Waals surface area (Å²) < 4.78 is 96.6. The van der Waals surface area contributed by atoms with Gasteiger partial charge in [-0.3, -0.25) is 4.79 Å². The predicted octanol–water partition coefficient (Wildman–Crippen LogP) is 4.78. The van der Waals surface area contributed by atoms with Crippen LogP contribution in [0.15, 0.2) is 66.7 Å². The van der Waals surface area contributed by atoms with E-state index in [0.29, 0.717) is 25.1 Å². The molecule has 4 N–H and O–H groups in total. The van der Waals surface area contributed by atoms with Crippen LogP contribution in [0.2, 0.25) is 0 Å². The van der Waals surface area contributed by atoms with Crippen LogP contribution in [0.4, 0.5) is 27.6 Å². The molecular weight excluding hydrogens is 603 g/mol. The number of nitrogens with zero attached hydrogens (tertiary/aromatic N) is 1. The van der Waals surface area contributed by atoms with Gasteiger partial charge >= 0.3 is 6.18 Å². The van der Waals surface area contributed by atoms with E-state index in [1.165, 1.54) is 46.8 Å². The first-order valence-electron chi connectivity index (χ1n) is 14.3. The van der Waals surface area contributed by atoms with Crippen molar-refractivity contribution >= 4 is 21.6 Å². The van der Waals surface area contributed by atoms with Gasteiger partial charge in [-0.15, -0.1) is 0 Å². The second-order valence-electron chi connectivity index (χ2n) is 11.3. The van der Waals surface area contributed by atoms with Crippen LogP contribution < -0.4 is 16.4 Å². The maximum Gasteiger partial charge on any atom is 0.416 e. The smallest absolute Gasteiger partial charge is 0.324 e. The summed E-state index contributed by atoms with van der Waals surface area (Å²) in [6.07, 6.45) is -2.93. The fourth-order valence-electron chi connectivity index (χ4n) is 6.04. The zero-order valence-electron chi connectivity index (χ0n) is 23.7. The number of carbonyl (C=O) groups is 1. The third-order valence-corrected chi connectivity index (χ3v) is 10.3. The van der Waals surface area contributed by atoms with Crippen molar-refractivity contribution in [2.75, 3.05) is 24.2 Å². The van der Waals surface area contributed by atoms with E-state index in [-0.39, 0.29) is 41.5 Å². The number of piperazine rings is 1. The molecule has 2 heterocycles. The third-order valence-electron chi connectivity index (χ3n) is 8.33. The minimum absolute atomic E-state index is 0.0572. The van der Waals surface area contributed by atoms with Gasteiger partial charge in [0, 0.05) is 42.3 Å². The van der Waals surface area contributed by atoms with Gasteiger partial charge in [0.25, 0.3) is 0 Å². The lowest BCUT2D eigenvalue weighted by Crippen LogP contribution is -2.57. The molecule has 5 rings (SSSR count). The second-order valence-corrected chi connectivity index (χ2v) is 13.3. The second kappa shape index (κ2) is 12.9. The molecule has 2 saturated heterocycles. The van der Waals surface area contributed by atoms with Gasteiger partial charge in [0.05, 0.1) is 17.4 Å². The SMILES string of the molecule is N[C@H](C(=O)Nc1cccc(F)c1CCC1CNC2CCCS(=O)(=O)N1C2)C(c1ccc(F)cc1)c1cccc(C(F)(F)F)c1. The maximum atomic E-state index is 15.1. The van der Waals surface area contributed by atoms with Gasteiger partial charge in [0.2, 0.25) is 15.9 Å². The number of fused-ring (bicyclic) bond motifs is 2. The molecule has 2 fully saturated rings. The summed E-state index contributed by atoms with van der Waals surface area (Å²) in [5.41, 5.74) is 6.13. The van der Waals surface area contributed by atoms with E-state index in [1.807, 2.05) is 0 Å². The number of nitrogens with two attached hydrogens (primary N) is 1. The van der Waals surface area contributed by atoms with Gasteiger partial charge in [-0.2, -0.15) is 17.5 Å². The van der Waals surface area contributed by atoms with E-state index in [2.05, 4.69) is 10.6 Å². The molecule has 0 saturated carbocycles.